The Morgan fingerprint density at radius 3 is 2.75 bits per heavy atom. The molecule has 5 heteroatoms. The van der Waals surface area contributed by atoms with Crippen molar-refractivity contribution in [3.05, 3.63) is 16.1 Å². The Morgan fingerprint density at radius 1 is 1.30 bits per heavy atom. The zero-order valence-corrected chi connectivity index (χ0v) is 14.3. The van der Waals surface area contributed by atoms with Crippen molar-refractivity contribution in [2.45, 2.75) is 64.1 Å². The zero-order chi connectivity index (χ0) is 13.5. The summed E-state index contributed by atoms with van der Waals surface area (Å²) in [6.07, 6.45) is 6.10. The van der Waals surface area contributed by atoms with E-state index in [0.717, 1.165) is 18.6 Å². The van der Waals surface area contributed by atoms with Crippen LogP contribution in [0.4, 0.5) is 0 Å². The van der Waals surface area contributed by atoms with Crippen LogP contribution in [0.5, 0.6) is 0 Å². The molecule has 20 heavy (non-hydrogen) atoms. The molecule has 0 saturated carbocycles. The molecule has 0 spiro atoms. The fourth-order valence-corrected chi connectivity index (χ4v) is 4.10. The summed E-state index contributed by atoms with van der Waals surface area (Å²) >= 11 is 1.89. The van der Waals surface area contributed by atoms with Crippen LogP contribution in [0.15, 0.2) is 6.20 Å². The first-order valence-electron chi connectivity index (χ1n) is 7.44. The first-order valence-corrected chi connectivity index (χ1v) is 8.26. The van der Waals surface area contributed by atoms with E-state index in [0.29, 0.717) is 0 Å². The van der Waals surface area contributed by atoms with Crippen LogP contribution in [-0.2, 0) is 12.0 Å². The minimum Gasteiger partial charge on any atom is -0.310 e. The minimum absolute atomic E-state index is 0. The Kier molecular flexibility index (Phi) is 5.11. The fourth-order valence-electron chi connectivity index (χ4n) is 3.08. The molecule has 2 aliphatic rings. The van der Waals surface area contributed by atoms with E-state index in [1.165, 1.54) is 42.2 Å². The third-order valence-electron chi connectivity index (χ3n) is 4.26. The maximum absolute atomic E-state index is 4.63. The molecule has 0 aliphatic carbocycles. The smallest absolute Gasteiger partial charge is 0.107 e. The molecular formula is C15H26ClN3S. The van der Waals surface area contributed by atoms with Crippen LogP contribution in [0.3, 0.4) is 0 Å². The van der Waals surface area contributed by atoms with Gasteiger partial charge in [0.25, 0.3) is 0 Å². The molecule has 3 nitrogen and oxygen atoms in total. The summed E-state index contributed by atoms with van der Waals surface area (Å²) in [6.45, 7) is 10.2. The summed E-state index contributed by atoms with van der Waals surface area (Å²) < 4.78 is 0. The highest BCUT2D eigenvalue weighted by atomic mass is 35.5. The largest absolute Gasteiger partial charge is 0.310 e. The number of hydrogen-bond donors (Lipinski definition) is 1. The van der Waals surface area contributed by atoms with Crippen LogP contribution in [0.2, 0.25) is 0 Å². The molecule has 2 bridgehead atoms. The van der Waals surface area contributed by atoms with Crippen LogP contribution >= 0.6 is 23.7 Å². The van der Waals surface area contributed by atoms with Gasteiger partial charge in [0.1, 0.15) is 5.01 Å². The molecule has 1 aromatic heterocycles. The maximum atomic E-state index is 4.63. The lowest BCUT2D eigenvalue weighted by atomic mass is 9.96. The lowest BCUT2D eigenvalue weighted by Gasteiger charge is -2.22. The Hall–Kier alpha value is -0.160. The first-order chi connectivity index (χ1) is 9.00. The topological polar surface area (TPSA) is 28.2 Å². The van der Waals surface area contributed by atoms with Crippen molar-refractivity contribution in [3.8, 4) is 0 Å². The summed E-state index contributed by atoms with van der Waals surface area (Å²) in [5.74, 6) is 0. The van der Waals surface area contributed by atoms with Crippen molar-refractivity contribution in [3.63, 3.8) is 0 Å². The average Bonchev–Trinajstić information content (AvgIpc) is 2.88. The Labute approximate surface area is 132 Å². The van der Waals surface area contributed by atoms with Gasteiger partial charge in [0, 0.05) is 36.2 Å². The molecule has 0 amide bonds. The molecule has 3 rings (SSSR count). The van der Waals surface area contributed by atoms with Gasteiger partial charge >= 0.3 is 0 Å². The SMILES string of the molecule is CC(C)(C)c1cnc(CN2CCC3CCC(C2)N3)s1.Cl. The standard InChI is InChI=1S/C15H25N3S.ClH/c1-15(2,3)13-8-16-14(19-13)10-18-7-6-11-4-5-12(9-18)17-11;/h8,11-12,17H,4-7,9-10H2,1-3H3;1H. The lowest BCUT2D eigenvalue weighted by Crippen LogP contribution is -2.34. The van der Waals surface area contributed by atoms with E-state index in [-0.39, 0.29) is 17.8 Å². The first kappa shape index (κ1) is 16.2. The predicted molar refractivity (Wildman–Crippen MR) is 87.9 cm³/mol. The summed E-state index contributed by atoms with van der Waals surface area (Å²) in [5.41, 5.74) is 0.231. The highest BCUT2D eigenvalue weighted by Gasteiger charge is 2.29. The Balaban J connectivity index is 0.00000147. The summed E-state index contributed by atoms with van der Waals surface area (Å²) in [6, 6.07) is 1.49. The highest BCUT2D eigenvalue weighted by Crippen LogP contribution is 2.29. The van der Waals surface area contributed by atoms with Crippen molar-refractivity contribution >= 4 is 23.7 Å². The van der Waals surface area contributed by atoms with Gasteiger partial charge in [0.2, 0.25) is 0 Å². The van der Waals surface area contributed by atoms with Gasteiger partial charge in [0.15, 0.2) is 0 Å². The van der Waals surface area contributed by atoms with Gasteiger partial charge < -0.3 is 5.32 Å². The monoisotopic (exact) mass is 315 g/mol. The molecule has 0 aromatic carbocycles. The van der Waals surface area contributed by atoms with E-state index in [1.54, 1.807) is 0 Å². The minimum atomic E-state index is 0. The number of nitrogens with zero attached hydrogens (tertiary/aromatic N) is 2. The van der Waals surface area contributed by atoms with E-state index >= 15 is 0 Å². The third kappa shape index (κ3) is 3.73. The molecule has 2 aliphatic heterocycles. The number of likely N-dealkylation sites (tertiary alicyclic amines) is 1. The zero-order valence-electron chi connectivity index (χ0n) is 12.7. The average molecular weight is 316 g/mol. The molecule has 1 N–H and O–H groups in total. The highest BCUT2D eigenvalue weighted by molar-refractivity contribution is 7.11. The van der Waals surface area contributed by atoms with Gasteiger partial charge in [-0.15, -0.1) is 23.7 Å². The second kappa shape index (κ2) is 6.30. The van der Waals surface area contributed by atoms with Gasteiger partial charge in [-0.25, -0.2) is 4.98 Å². The van der Waals surface area contributed by atoms with Crippen molar-refractivity contribution < 1.29 is 0 Å². The molecule has 114 valence electrons. The van der Waals surface area contributed by atoms with Crippen LogP contribution in [-0.4, -0.2) is 35.1 Å². The van der Waals surface area contributed by atoms with Crippen LogP contribution in [0.1, 0.15) is 49.9 Å². The lowest BCUT2D eigenvalue weighted by molar-refractivity contribution is 0.250. The molecule has 1 aromatic rings. The van der Waals surface area contributed by atoms with E-state index < -0.39 is 0 Å². The third-order valence-corrected chi connectivity index (χ3v) is 5.67. The van der Waals surface area contributed by atoms with Crippen LogP contribution in [0.25, 0.3) is 0 Å². The van der Waals surface area contributed by atoms with Crippen LogP contribution in [0, 0.1) is 0 Å². The van der Waals surface area contributed by atoms with Crippen molar-refractivity contribution in [1.29, 1.82) is 0 Å². The second-order valence-electron chi connectivity index (χ2n) is 7.03. The molecule has 2 saturated heterocycles. The van der Waals surface area contributed by atoms with Gasteiger partial charge in [-0.1, -0.05) is 20.8 Å². The van der Waals surface area contributed by atoms with Gasteiger partial charge in [-0.3, -0.25) is 4.90 Å². The number of halogens is 1. The molecule has 2 unspecified atom stereocenters. The molecular weight excluding hydrogens is 290 g/mol. The normalized spacial score (nSPS) is 27.1. The number of rotatable bonds is 2. The fraction of sp³-hybridized carbons (Fsp3) is 0.800. The van der Waals surface area contributed by atoms with Gasteiger partial charge in [-0.2, -0.15) is 0 Å². The molecule has 3 heterocycles. The maximum Gasteiger partial charge on any atom is 0.107 e. The number of hydrogen-bond acceptors (Lipinski definition) is 4. The van der Waals surface area contributed by atoms with Crippen molar-refractivity contribution in [1.82, 2.24) is 15.2 Å². The van der Waals surface area contributed by atoms with Gasteiger partial charge in [-0.05, 0) is 24.7 Å². The predicted octanol–water partition coefficient (Wildman–Crippen LogP) is 3.19. The molecule has 2 atom stereocenters. The van der Waals surface area contributed by atoms with E-state index in [2.05, 4.69) is 42.2 Å². The van der Waals surface area contributed by atoms with E-state index in [9.17, 15) is 0 Å². The summed E-state index contributed by atoms with van der Waals surface area (Å²) in [7, 11) is 0. The van der Waals surface area contributed by atoms with E-state index in [1.807, 2.05) is 11.3 Å². The Bertz CT molecular complexity index is 441. The van der Waals surface area contributed by atoms with Crippen molar-refractivity contribution in [2.75, 3.05) is 13.1 Å². The van der Waals surface area contributed by atoms with Gasteiger partial charge in [0.05, 0.1) is 6.54 Å². The van der Waals surface area contributed by atoms with Crippen LogP contribution < -0.4 is 5.32 Å². The molecule has 0 radical (unpaired) electrons. The number of thiazole rings is 1. The number of aromatic nitrogens is 1. The Morgan fingerprint density at radius 2 is 2.05 bits per heavy atom. The quantitative estimate of drug-likeness (QED) is 0.908. The van der Waals surface area contributed by atoms with E-state index in [4.69, 9.17) is 0 Å². The number of fused-ring (bicyclic) bond motifs is 2. The van der Waals surface area contributed by atoms with Crippen molar-refractivity contribution in [2.24, 2.45) is 0 Å². The second-order valence-corrected chi connectivity index (χ2v) is 8.15. The summed E-state index contributed by atoms with van der Waals surface area (Å²) in [5, 5.41) is 5.02. The number of nitrogens with one attached hydrogen (secondary N) is 1. The summed E-state index contributed by atoms with van der Waals surface area (Å²) in [4.78, 5) is 8.61. The molecule has 2 fully saturated rings.